The first-order valence-corrected chi connectivity index (χ1v) is 11.3. The molecule has 1 aliphatic carbocycles. The van der Waals surface area contributed by atoms with Gasteiger partial charge in [-0.25, -0.2) is 0 Å². The molecule has 1 aromatic heterocycles. The smallest absolute Gasteiger partial charge is 0.171 e. The summed E-state index contributed by atoms with van der Waals surface area (Å²) in [6.07, 6.45) is 12.2. The summed E-state index contributed by atoms with van der Waals surface area (Å²) in [4.78, 5) is 17.8. The molecule has 1 heterocycles. The van der Waals surface area contributed by atoms with Crippen molar-refractivity contribution in [1.29, 1.82) is 0 Å². The van der Waals surface area contributed by atoms with E-state index in [4.69, 9.17) is 4.98 Å². The van der Waals surface area contributed by atoms with Crippen molar-refractivity contribution in [2.24, 2.45) is 5.41 Å². The Morgan fingerprint density at radius 3 is 2.39 bits per heavy atom. The number of Topliss-reactive ketones (excluding diaryl/α,β-unsaturated/α-hetero) is 1. The zero-order chi connectivity index (χ0) is 20.0. The molecule has 0 radical (unpaired) electrons. The van der Waals surface area contributed by atoms with Gasteiger partial charge in [0.2, 0.25) is 0 Å². The van der Waals surface area contributed by atoms with E-state index >= 15 is 0 Å². The first-order valence-electron chi connectivity index (χ1n) is 11.3. The van der Waals surface area contributed by atoms with Gasteiger partial charge in [0.25, 0.3) is 0 Å². The van der Waals surface area contributed by atoms with Crippen molar-refractivity contribution in [2.45, 2.75) is 85.0 Å². The number of hydrogen-bond acceptors (Lipinski definition) is 2. The number of unbranched alkanes of at least 4 members (excludes halogenated alkanes) is 7. The van der Waals surface area contributed by atoms with Crippen molar-refractivity contribution < 1.29 is 10.1 Å². The van der Waals surface area contributed by atoms with Crippen LogP contribution >= 0.6 is 0 Å². The highest BCUT2D eigenvalue weighted by atomic mass is 16.1. The number of rotatable bonds is 10. The minimum Gasteiger partial charge on any atom is -0.313 e. The van der Waals surface area contributed by atoms with Crippen LogP contribution in [0.1, 0.15) is 94.6 Å². The Balaban J connectivity index is 1.67. The third kappa shape index (κ3) is 5.20. The molecule has 28 heavy (non-hydrogen) atoms. The van der Waals surface area contributed by atoms with E-state index < -0.39 is 0 Å². The fourth-order valence-corrected chi connectivity index (χ4v) is 4.50. The predicted octanol–water partition coefficient (Wildman–Crippen LogP) is 5.73. The molecule has 3 heteroatoms. The summed E-state index contributed by atoms with van der Waals surface area (Å²) in [5.74, 6) is 0.270. The molecule has 1 aromatic carbocycles. The molecular formula is C25H37N2O+. The van der Waals surface area contributed by atoms with Crippen molar-refractivity contribution in [3.63, 3.8) is 0 Å². The Hall–Kier alpha value is -1.74. The Morgan fingerprint density at radius 2 is 1.64 bits per heavy atom. The lowest BCUT2D eigenvalue weighted by Gasteiger charge is -2.30. The summed E-state index contributed by atoms with van der Waals surface area (Å²) in [6, 6.07) is 8.30. The zero-order valence-electron chi connectivity index (χ0n) is 18.0. The number of pyridine rings is 1. The molecule has 0 saturated carbocycles. The molecule has 0 bridgehead atoms. The molecular weight excluding hydrogens is 344 g/mol. The van der Waals surface area contributed by atoms with E-state index in [2.05, 4.69) is 44.3 Å². The first-order chi connectivity index (χ1) is 13.5. The van der Waals surface area contributed by atoms with Crippen LogP contribution in [-0.4, -0.2) is 17.3 Å². The lowest BCUT2D eigenvalue weighted by molar-refractivity contribution is -0.570. The molecule has 0 aliphatic heterocycles. The van der Waals surface area contributed by atoms with Crippen molar-refractivity contribution in [3.05, 3.63) is 35.5 Å². The SMILES string of the molecule is CCCCCCCCCC[NH2+]c1c2c(nc3ccccc13)CC(C)(C)CC2=O. The second-order valence-electron chi connectivity index (χ2n) is 9.27. The highest BCUT2D eigenvalue weighted by molar-refractivity contribution is 6.07. The number of quaternary nitrogens is 1. The highest BCUT2D eigenvalue weighted by Gasteiger charge is 2.35. The molecule has 152 valence electrons. The summed E-state index contributed by atoms with van der Waals surface area (Å²) in [7, 11) is 0. The number of hydrogen-bond donors (Lipinski definition) is 1. The van der Waals surface area contributed by atoms with E-state index in [9.17, 15) is 4.79 Å². The lowest BCUT2D eigenvalue weighted by Crippen LogP contribution is -2.78. The molecule has 2 N–H and O–H groups in total. The van der Waals surface area contributed by atoms with Crippen LogP contribution < -0.4 is 5.32 Å². The van der Waals surface area contributed by atoms with Crippen LogP contribution in [0.5, 0.6) is 0 Å². The fraction of sp³-hybridized carbons (Fsp3) is 0.600. The third-order valence-electron chi connectivity index (χ3n) is 5.98. The molecule has 0 unspecified atom stereocenters. The number of fused-ring (bicyclic) bond motifs is 2. The van der Waals surface area contributed by atoms with Crippen LogP contribution in [0.3, 0.4) is 0 Å². The quantitative estimate of drug-likeness (QED) is 0.535. The van der Waals surface area contributed by atoms with Gasteiger partial charge in [0.05, 0.1) is 23.1 Å². The van der Waals surface area contributed by atoms with Gasteiger partial charge in [-0.05, 0) is 36.8 Å². The van der Waals surface area contributed by atoms with E-state index in [1.807, 2.05) is 6.07 Å². The van der Waals surface area contributed by atoms with Crippen LogP contribution in [0.4, 0.5) is 5.69 Å². The van der Waals surface area contributed by atoms with Gasteiger partial charge in [0.1, 0.15) is 5.56 Å². The molecule has 0 fully saturated rings. The Morgan fingerprint density at radius 1 is 0.964 bits per heavy atom. The van der Waals surface area contributed by atoms with Crippen LogP contribution in [-0.2, 0) is 6.42 Å². The molecule has 3 nitrogen and oxygen atoms in total. The Bertz CT molecular complexity index is 810. The number of nitrogens with zero attached hydrogens (tertiary/aromatic N) is 1. The molecule has 0 amide bonds. The first kappa shape index (κ1) is 21.0. The van der Waals surface area contributed by atoms with Gasteiger partial charge in [0, 0.05) is 6.42 Å². The molecule has 0 atom stereocenters. The summed E-state index contributed by atoms with van der Waals surface area (Å²) >= 11 is 0. The average molecular weight is 382 g/mol. The maximum atomic E-state index is 13.0. The number of ketones is 1. The predicted molar refractivity (Wildman–Crippen MR) is 117 cm³/mol. The van der Waals surface area contributed by atoms with Gasteiger partial charge in [-0.1, -0.05) is 71.4 Å². The number of benzene rings is 1. The monoisotopic (exact) mass is 381 g/mol. The summed E-state index contributed by atoms with van der Waals surface area (Å²) in [6.45, 7) is 7.67. The molecule has 0 spiro atoms. The van der Waals surface area contributed by atoms with Crippen molar-refractivity contribution in [1.82, 2.24) is 4.98 Å². The van der Waals surface area contributed by atoms with E-state index in [0.717, 1.165) is 40.8 Å². The average Bonchev–Trinajstić information content (AvgIpc) is 2.64. The lowest BCUT2D eigenvalue weighted by atomic mass is 9.75. The van der Waals surface area contributed by atoms with Gasteiger partial charge >= 0.3 is 0 Å². The minimum absolute atomic E-state index is 0.00852. The molecule has 0 saturated heterocycles. The largest absolute Gasteiger partial charge is 0.313 e. The normalized spacial score (nSPS) is 15.8. The van der Waals surface area contributed by atoms with Crippen molar-refractivity contribution >= 4 is 22.4 Å². The third-order valence-corrected chi connectivity index (χ3v) is 5.98. The van der Waals surface area contributed by atoms with Crippen molar-refractivity contribution in [2.75, 3.05) is 6.54 Å². The van der Waals surface area contributed by atoms with Gasteiger partial charge in [-0.2, -0.15) is 0 Å². The zero-order valence-corrected chi connectivity index (χ0v) is 18.0. The summed E-state index contributed by atoms with van der Waals surface area (Å²) in [5.41, 5.74) is 4.08. The summed E-state index contributed by atoms with van der Waals surface area (Å²) < 4.78 is 0. The van der Waals surface area contributed by atoms with E-state index in [-0.39, 0.29) is 11.2 Å². The van der Waals surface area contributed by atoms with E-state index in [1.165, 1.54) is 51.4 Å². The number of nitrogens with two attached hydrogens (primary N) is 1. The number of aromatic nitrogens is 1. The van der Waals surface area contributed by atoms with Crippen LogP contribution in [0, 0.1) is 5.41 Å². The van der Waals surface area contributed by atoms with Gasteiger partial charge in [-0.15, -0.1) is 0 Å². The van der Waals surface area contributed by atoms with Crippen LogP contribution in [0.25, 0.3) is 10.9 Å². The van der Waals surface area contributed by atoms with Gasteiger partial charge < -0.3 is 5.32 Å². The Labute approximate surface area is 170 Å². The van der Waals surface area contributed by atoms with Gasteiger partial charge in [-0.3, -0.25) is 9.78 Å². The maximum Gasteiger partial charge on any atom is 0.171 e. The number of para-hydroxylation sites is 1. The standard InChI is InChI=1S/C25H36N2O/c1-4-5-6-7-8-9-10-13-16-26-24-19-14-11-12-15-20(19)27-21-17-25(2,3)18-22(28)23(21)24/h11-12,14-15H,4-10,13,16-18H2,1-3H3,(H,26,27)/p+1. The van der Waals surface area contributed by atoms with Crippen LogP contribution in [0.15, 0.2) is 24.3 Å². The van der Waals surface area contributed by atoms with Crippen LogP contribution in [0.2, 0.25) is 0 Å². The van der Waals surface area contributed by atoms with Crippen molar-refractivity contribution in [3.8, 4) is 0 Å². The molecule has 3 rings (SSSR count). The second-order valence-corrected chi connectivity index (χ2v) is 9.27. The van der Waals surface area contributed by atoms with E-state index in [0.29, 0.717) is 6.42 Å². The molecule has 2 aromatic rings. The number of carbonyl (C=O) groups excluding carboxylic acids is 1. The maximum absolute atomic E-state index is 13.0. The van der Waals surface area contributed by atoms with E-state index in [1.54, 1.807) is 0 Å². The Kier molecular flexibility index (Phi) is 7.23. The minimum atomic E-state index is 0.00852. The fourth-order valence-electron chi connectivity index (χ4n) is 4.50. The molecule has 1 aliphatic rings. The van der Waals surface area contributed by atoms with Gasteiger partial charge in [0.15, 0.2) is 11.5 Å². The highest BCUT2D eigenvalue weighted by Crippen LogP contribution is 2.38. The topological polar surface area (TPSA) is 46.6 Å². The second kappa shape index (κ2) is 9.65. The summed E-state index contributed by atoms with van der Waals surface area (Å²) in [5, 5.41) is 3.45. The number of carbonyl (C=O) groups is 1.